The first-order valence-corrected chi connectivity index (χ1v) is 15.0. The quantitative estimate of drug-likeness (QED) is 0.298. The number of fused-ring (bicyclic) bond motifs is 1. The maximum Gasteiger partial charge on any atom is 0.251 e. The van der Waals surface area contributed by atoms with Crippen LogP contribution in [0.5, 0.6) is 5.88 Å². The molecule has 0 aliphatic carbocycles. The van der Waals surface area contributed by atoms with Crippen molar-refractivity contribution in [2.45, 2.75) is 31.4 Å². The number of nitrogens with one attached hydrogen (secondary N) is 1. The Labute approximate surface area is 250 Å². The molecule has 2 atom stereocenters. The number of amides is 1. The standard InChI is InChI=1S/C28H32F2N8O4S/c1-31-27(39)17-10-22(26(30)23(29)11-17)24-14-32-25-12-21(28(34-38(24)25)42-20-6-9-41-16-20)18-13-33-37(15-18)19-4-7-36(8-5-19)43(40)35(2)3/h10-15,19-20H,4-9,16H2,1-3H3,(H,31,39). The van der Waals surface area contributed by atoms with E-state index in [1.54, 1.807) is 30.7 Å². The van der Waals surface area contributed by atoms with Gasteiger partial charge in [-0.2, -0.15) is 5.10 Å². The lowest BCUT2D eigenvalue weighted by atomic mass is 10.1. The number of carbonyl (C=O) groups excluding carboxylic acids is 1. The molecule has 0 spiro atoms. The van der Waals surface area contributed by atoms with Crippen LogP contribution in [-0.4, -0.2) is 97.0 Å². The number of piperidine rings is 1. The van der Waals surface area contributed by atoms with Crippen molar-refractivity contribution in [1.29, 1.82) is 0 Å². The minimum atomic E-state index is -1.16. The van der Waals surface area contributed by atoms with Crippen LogP contribution in [0.15, 0.2) is 36.8 Å². The van der Waals surface area contributed by atoms with Crippen LogP contribution in [-0.2, 0) is 16.3 Å². The molecule has 2 fully saturated rings. The molecule has 5 heterocycles. The molecule has 1 N–H and O–H groups in total. The molecule has 2 aliphatic rings. The molecule has 1 aromatic carbocycles. The van der Waals surface area contributed by atoms with E-state index in [-0.39, 0.29) is 34.8 Å². The molecule has 228 valence electrons. The number of carbonyl (C=O) groups is 1. The number of aromatic nitrogens is 5. The summed E-state index contributed by atoms with van der Waals surface area (Å²) in [7, 11) is 5.00. The van der Waals surface area contributed by atoms with E-state index in [9.17, 15) is 13.7 Å². The van der Waals surface area contributed by atoms with Gasteiger partial charge >= 0.3 is 0 Å². The Balaban J connectivity index is 1.36. The van der Waals surface area contributed by atoms with Gasteiger partial charge in [-0.3, -0.25) is 9.48 Å². The van der Waals surface area contributed by atoms with Gasteiger partial charge < -0.3 is 19.3 Å². The summed E-state index contributed by atoms with van der Waals surface area (Å²) >= 11 is -1.16. The van der Waals surface area contributed by atoms with Crippen molar-refractivity contribution in [2.75, 3.05) is 47.4 Å². The molecular weight excluding hydrogens is 582 g/mol. The highest BCUT2D eigenvalue weighted by Gasteiger charge is 2.30. The zero-order valence-corrected chi connectivity index (χ0v) is 24.8. The summed E-state index contributed by atoms with van der Waals surface area (Å²) in [6, 6.07) is 4.02. The van der Waals surface area contributed by atoms with Crippen molar-refractivity contribution < 1.29 is 27.6 Å². The summed E-state index contributed by atoms with van der Waals surface area (Å²) in [4.78, 5) is 16.6. The van der Waals surface area contributed by atoms with Gasteiger partial charge in [0.15, 0.2) is 17.3 Å². The van der Waals surface area contributed by atoms with E-state index in [1.807, 2.05) is 15.2 Å². The lowest BCUT2D eigenvalue weighted by molar-refractivity contribution is 0.0962. The van der Waals surface area contributed by atoms with E-state index in [4.69, 9.17) is 9.47 Å². The van der Waals surface area contributed by atoms with Gasteiger partial charge in [0.05, 0.1) is 42.9 Å². The molecule has 0 radical (unpaired) electrons. The number of rotatable bonds is 8. The molecule has 2 aliphatic heterocycles. The van der Waals surface area contributed by atoms with E-state index in [2.05, 4.69) is 20.5 Å². The molecule has 6 rings (SSSR count). The number of halogens is 2. The fourth-order valence-electron chi connectivity index (χ4n) is 5.36. The number of hydrogen-bond donors (Lipinski definition) is 1. The van der Waals surface area contributed by atoms with Crippen LogP contribution in [0.25, 0.3) is 28.0 Å². The number of nitrogens with zero attached hydrogens (tertiary/aromatic N) is 7. The van der Waals surface area contributed by atoms with Gasteiger partial charge in [0, 0.05) is 63.5 Å². The third-order valence-electron chi connectivity index (χ3n) is 7.66. The Kier molecular flexibility index (Phi) is 8.33. The normalized spacial score (nSPS) is 18.9. The molecule has 2 saturated heterocycles. The predicted molar refractivity (Wildman–Crippen MR) is 154 cm³/mol. The molecule has 43 heavy (non-hydrogen) atoms. The van der Waals surface area contributed by atoms with Crippen molar-refractivity contribution in [3.8, 4) is 28.3 Å². The van der Waals surface area contributed by atoms with Crippen molar-refractivity contribution in [1.82, 2.24) is 38.3 Å². The van der Waals surface area contributed by atoms with Crippen LogP contribution in [0.2, 0.25) is 0 Å². The lowest BCUT2D eigenvalue weighted by Gasteiger charge is -2.33. The summed E-state index contributed by atoms with van der Waals surface area (Å²) < 4.78 is 60.7. The predicted octanol–water partition coefficient (Wildman–Crippen LogP) is 2.84. The van der Waals surface area contributed by atoms with Gasteiger partial charge in [0.25, 0.3) is 5.91 Å². The van der Waals surface area contributed by atoms with Crippen molar-refractivity contribution in [2.24, 2.45) is 0 Å². The van der Waals surface area contributed by atoms with E-state index >= 15 is 4.39 Å². The maximum atomic E-state index is 15.0. The molecule has 1 amide bonds. The first kappa shape index (κ1) is 29.4. The summed E-state index contributed by atoms with van der Waals surface area (Å²) in [5, 5.41) is 11.7. The van der Waals surface area contributed by atoms with Gasteiger partial charge in [0.2, 0.25) is 5.88 Å². The minimum absolute atomic E-state index is 0.0336. The van der Waals surface area contributed by atoms with E-state index in [0.29, 0.717) is 43.9 Å². The number of ether oxygens (including phenoxy) is 2. The highest BCUT2D eigenvalue weighted by Crippen LogP contribution is 2.35. The third kappa shape index (κ3) is 5.82. The highest BCUT2D eigenvalue weighted by atomic mass is 32.2. The van der Waals surface area contributed by atoms with E-state index in [0.717, 1.165) is 24.5 Å². The van der Waals surface area contributed by atoms with Crippen LogP contribution in [0, 0.1) is 11.6 Å². The second-order valence-corrected chi connectivity index (χ2v) is 12.4. The fraction of sp³-hybridized carbons (Fsp3) is 0.429. The molecule has 3 aromatic heterocycles. The first-order valence-electron chi connectivity index (χ1n) is 14.0. The average molecular weight is 615 g/mol. The van der Waals surface area contributed by atoms with Gasteiger partial charge in [0.1, 0.15) is 17.7 Å². The zero-order chi connectivity index (χ0) is 30.2. The molecule has 0 bridgehead atoms. The zero-order valence-electron chi connectivity index (χ0n) is 24.0. The molecule has 2 unspecified atom stereocenters. The first-order chi connectivity index (χ1) is 20.7. The van der Waals surface area contributed by atoms with E-state index < -0.39 is 29.1 Å². The Morgan fingerprint density at radius 3 is 2.65 bits per heavy atom. The van der Waals surface area contributed by atoms with Gasteiger partial charge in [-0.25, -0.2) is 18.3 Å². The van der Waals surface area contributed by atoms with Gasteiger partial charge in [-0.1, -0.05) is 0 Å². The molecule has 15 heteroatoms. The van der Waals surface area contributed by atoms with Crippen LogP contribution in [0.3, 0.4) is 0 Å². The Morgan fingerprint density at radius 2 is 1.95 bits per heavy atom. The fourth-order valence-corrected chi connectivity index (χ4v) is 6.35. The smallest absolute Gasteiger partial charge is 0.251 e. The van der Waals surface area contributed by atoms with Crippen molar-refractivity contribution >= 4 is 23.1 Å². The average Bonchev–Trinajstić information content (AvgIpc) is 3.79. The monoisotopic (exact) mass is 614 g/mol. The highest BCUT2D eigenvalue weighted by molar-refractivity contribution is 7.86. The van der Waals surface area contributed by atoms with Crippen molar-refractivity contribution in [3.05, 3.63) is 54.0 Å². The molecule has 12 nitrogen and oxygen atoms in total. The van der Waals surface area contributed by atoms with Gasteiger partial charge in [-0.15, -0.1) is 13.7 Å². The van der Waals surface area contributed by atoms with Crippen LogP contribution < -0.4 is 10.1 Å². The minimum Gasteiger partial charge on any atom is -0.578 e. The van der Waals surface area contributed by atoms with Crippen LogP contribution in [0.4, 0.5) is 8.78 Å². The summed E-state index contributed by atoms with van der Waals surface area (Å²) in [6.45, 7) is 2.33. The maximum absolute atomic E-state index is 15.0. The second kappa shape index (κ2) is 12.2. The van der Waals surface area contributed by atoms with Gasteiger partial charge in [-0.05, 0) is 31.0 Å². The van der Waals surface area contributed by atoms with E-state index in [1.165, 1.54) is 23.8 Å². The number of imidazole rings is 1. The third-order valence-corrected chi connectivity index (χ3v) is 9.09. The molecule has 0 saturated carbocycles. The second-order valence-electron chi connectivity index (χ2n) is 10.7. The number of hydrogen-bond acceptors (Lipinski definition) is 9. The molecular formula is C28H32F2N8O4S. The van der Waals surface area contributed by atoms with Crippen molar-refractivity contribution in [3.63, 3.8) is 0 Å². The summed E-state index contributed by atoms with van der Waals surface area (Å²) in [5.41, 5.74) is 1.74. The largest absolute Gasteiger partial charge is 0.578 e. The van der Waals surface area contributed by atoms with Crippen LogP contribution >= 0.6 is 0 Å². The Bertz CT molecular complexity index is 1630. The number of benzene rings is 1. The Morgan fingerprint density at radius 1 is 1.16 bits per heavy atom. The summed E-state index contributed by atoms with van der Waals surface area (Å²) in [6.07, 6.45) is 7.08. The van der Waals surface area contributed by atoms with Crippen LogP contribution in [0.1, 0.15) is 35.7 Å². The summed E-state index contributed by atoms with van der Waals surface area (Å²) in [5.74, 6) is -2.56. The topological polar surface area (TPSA) is 125 Å². The Hall–Kier alpha value is -3.63. The SMILES string of the molecule is CNC(=O)c1cc(F)c(F)c(-c2cnc3cc(-c4cnn(C5CCN([S+]([O-])N(C)C)CC5)c4)c(OC4CCOC4)nn23)c1. The molecule has 4 aromatic rings. The lowest BCUT2D eigenvalue weighted by Crippen LogP contribution is -2.44.